The van der Waals surface area contributed by atoms with E-state index in [2.05, 4.69) is 32.5 Å². The Balaban J connectivity index is 1.88. The van der Waals surface area contributed by atoms with E-state index in [1.807, 2.05) is 18.2 Å². The lowest BCUT2D eigenvalue weighted by molar-refractivity contribution is 0.177. The van der Waals surface area contributed by atoms with Gasteiger partial charge in [0.1, 0.15) is 17.2 Å². The second-order valence-electron chi connectivity index (χ2n) is 5.51. The first-order chi connectivity index (χ1) is 12.7. The zero-order valence-corrected chi connectivity index (χ0v) is 15.4. The van der Waals surface area contributed by atoms with Gasteiger partial charge in [-0.05, 0) is 5.56 Å². The number of ether oxygens (including phenoxy) is 2. The number of thiophene rings is 1. The molecule has 26 heavy (non-hydrogen) atoms. The van der Waals surface area contributed by atoms with Gasteiger partial charge >= 0.3 is 0 Å². The Kier molecular flexibility index (Phi) is 4.79. The maximum Gasteiger partial charge on any atom is 0.232 e. The average molecular weight is 384 g/mol. The Morgan fingerprint density at radius 2 is 1.96 bits per heavy atom. The third-order valence-electron chi connectivity index (χ3n) is 3.70. The van der Waals surface area contributed by atoms with Gasteiger partial charge in [0.15, 0.2) is 5.82 Å². The van der Waals surface area contributed by atoms with Gasteiger partial charge in [0, 0.05) is 30.3 Å². The van der Waals surface area contributed by atoms with Crippen LogP contribution in [0.2, 0.25) is 5.02 Å². The van der Waals surface area contributed by atoms with E-state index >= 15 is 0 Å². The second-order valence-corrected chi connectivity index (χ2v) is 6.81. The van der Waals surface area contributed by atoms with Gasteiger partial charge in [-0.15, -0.1) is 11.3 Å². The molecule has 3 heterocycles. The number of nitrogens with zero attached hydrogens (tertiary/aromatic N) is 3. The number of hydrogen-bond acceptors (Lipinski definition) is 6. The van der Waals surface area contributed by atoms with E-state index < -0.39 is 0 Å². The van der Waals surface area contributed by atoms with E-state index in [9.17, 15) is 0 Å². The van der Waals surface area contributed by atoms with Crippen molar-refractivity contribution in [3.8, 4) is 22.8 Å². The van der Waals surface area contributed by atoms with Gasteiger partial charge in [-0.1, -0.05) is 41.9 Å². The molecule has 0 fully saturated rings. The fraction of sp³-hybridized carbons (Fsp3) is 0.105. The third kappa shape index (κ3) is 3.39. The van der Waals surface area contributed by atoms with Gasteiger partial charge in [-0.2, -0.15) is 4.98 Å². The van der Waals surface area contributed by atoms with Crippen molar-refractivity contribution in [2.24, 2.45) is 0 Å². The van der Waals surface area contributed by atoms with Crippen LogP contribution in [0.5, 0.6) is 11.6 Å². The normalized spacial score (nSPS) is 11.0. The first kappa shape index (κ1) is 16.9. The van der Waals surface area contributed by atoms with Gasteiger partial charge in [-0.25, -0.2) is 4.98 Å². The summed E-state index contributed by atoms with van der Waals surface area (Å²) in [7, 11) is 1.61. The lowest BCUT2D eigenvalue weighted by Crippen LogP contribution is -2.00. The molecule has 0 bridgehead atoms. The van der Waals surface area contributed by atoms with Crippen molar-refractivity contribution in [1.82, 2.24) is 15.0 Å². The molecule has 0 radical (unpaired) electrons. The third-order valence-corrected chi connectivity index (χ3v) is 4.78. The number of rotatable bonds is 5. The predicted octanol–water partition coefficient (Wildman–Crippen LogP) is 5.35. The van der Waals surface area contributed by atoms with Crippen LogP contribution in [-0.2, 0) is 11.3 Å². The first-order valence-corrected chi connectivity index (χ1v) is 9.11. The number of fused-ring (bicyclic) bond motifs is 1. The minimum Gasteiger partial charge on any atom is -0.437 e. The maximum atomic E-state index is 6.03. The summed E-state index contributed by atoms with van der Waals surface area (Å²) in [6, 6.07) is 11.8. The van der Waals surface area contributed by atoms with Crippen LogP contribution in [0.3, 0.4) is 0 Å². The van der Waals surface area contributed by atoms with Gasteiger partial charge < -0.3 is 9.47 Å². The molecule has 0 saturated heterocycles. The van der Waals surface area contributed by atoms with E-state index in [1.165, 1.54) is 0 Å². The lowest BCUT2D eigenvalue weighted by atomic mass is 10.1. The van der Waals surface area contributed by atoms with Crippen molar-refractivity contribution < 1.29 is 9.47 Å². The van der Waals surface area contributed by atoms with Gasteiger partial charge in [0.2, 0.25) is 5.88 Å². The van der Waals surface area contributed by atoms with E-state index in [-0.39, 0.29) is 0 Å². The number of halogens is 1. The molecule has 4 aromatic rings. The molecule has 1 aromatic carbocycles. The molecule has 5 nitrogen and oxygen atoms in total. The van der Waals surface area contributed by atoms with Gasteiger partial charge in [0.05, 0.1) is 16.6 Å². The van der Waals surface area contributed by atoms with Crippen molar-refractivity contribution in [3.05, 3.63) is 65.0 Å². The minimum absolute atomic E-state index is 0.304. The maximum absolute atomic E-state index is 6.03. The van der Waals surface area contributed by atoms with E-state index in [1.54, 1.807) is 36.9 Å². The Hall–Kier alpha value is -2.54. The Bertz CT molecular complexity index is 1050. The lowest BCUT2D eigenvalue weighted by Gasteiger charge is -2.09. The van der Waals surface area contributed by atoms with Crippen LogP contribution in [0, 0.1) is 0 Å². The summed E-state index contributed by atoms with van der Waals surface area (Å²) in [5.74, 6) is 1.55. The Morgan fingerprint density at radius 3 is 2.73 bits per heavy atom. The number of hydrogen-bond donors (Lipinski definition) is 0. The van der Waals surface area contributed by atoms with Crippen LogP contribution in [0.4, 0.5) is 0 Å². The molecule has 0 aliphatic carbocycles. The van der Waals surface area contributed by atoms with Crippen molar-refractivity contribution in [1.29, 1.82) is 0 Å². The molecule has 130 valence electrons. The number of aromatic nitrogens is 3. The molecule has 0 aliphatic heterocycles. The quantitative estimate of drug-likeness (QED) is 0.465. The highest BCUT2D eigenvalue weighted by Gasteiger charge is 2.17. The van der Waals surface area contributed by atoms with Crippen molar-refractivity contribution in [2.45, 2.75) is 6.61 Å². The fourth-order valence-corrected chi connectivity index (χ4v) is 3.73. The summed E-state index contributed by atoms with van der Waals surface area (Å²) in [6.07, 6.45) is 3.16. The molecule has 0 spiro atoms. The Morgan fingerprint density at radius 1 is 1.12 bits per heavy atom. The summed E-state index contributed by atoms with van der Waals surface area (Å²) in [5.41, 5.74) is 2.11. The molecular weight excluding hydrogens is 370 g/mol. The highest BCUT2D eigenvalue weighted by atomic mass is 35.5. The van der Waals surface area contributed by atoms with Crippen LogP contribution in [0.25, 0.3) is 21.3 Å². The van der Waals surface area contributed by atoms with Gasteiger partial charge in [0.25, 0.3) is 0 Å². The van der Waals surface area contributed by atoms with E-state index in [0.717, 1.165) is 21.3 Å². The minimum atomic E-state index is 0.304. The van der Waals surface area contributed by atoms with Crippen LogP contribution < -0.4 is 4.74 Å². The SMILES string of the molecule is COCc1nc(Oc2cncc(Cl)c2)c2c(-c3ccccc3)csc2n1. The summed E-state index contributed by atoms with van der Waals surface area (Å²) in [6.45, 7) is 0.304. The molecule has 0 N–H and O–H groups in total. The smallest absolute Gasteiger partial charge is 0.232 e. The zero-order valence-electron chi connectivity index (χ0n) is 13.8. The zero-order chi connectivity index (χ0) is 17.9. The summed E-state index contributed by atoms with van der Waals surface area (Å²) in [4.78, 5) is 14.1. The highest BCUT2D eigenvalue weighted by Crippen LogP contribution is 2.39. The molecule has 7 heteroatoms. The molecular formula is C19H14ClN3O2S. The van der Waals surface area contributed by atoms with Crippen molar-refractivity contribution in [2.75, 3.05) is 7.11 Å². The molecule has 0 aliphatic rings. The van der Waals surface area contributed by atoms with E-state index in [4.69, 9.17) is 21.1 Å². The van der Waals surface area contributed by atoms with Crippen molar-refractivity contribution in [3.63, 3.8) is 0 Å². The molecule has 4 rings (SSSR count). The standard InChI is InChI=1S/C19H14ClN3O2S/c1-24-10-16-22-18(25-14-7-13(20)8-21-9-14)17-15(11-26-19(17)23-16)12-5-3-2-4-6-12/h2-9,11H,10H2,1H3. The van der Waals surface area contributed by atoms with Gasteiger partial charge in [-0.3, -0.25) is 4.98 Å². The average Bonchev–Trinajstić information content (AvgIpc) is 3.07. The van der Waals surface area contributed by atoms with E-state index in [0.29, 0.717) is 29.1 Å². The fourth-order valence-electron chi connectivity index (χ4n) is 2.61. The molecule has 3 aromatic heterocycles. The second kappa shape index (κ2) is 7.37. The number of pyridine rings is 1. The summed E-state index contributed by atoms with van der Waals surface area (Å²) in [5, 5.41) is 3.42. The van der Waals surface area contributed by atoms with Crippen molar-refractivity contribution >= 4 is 33.2 Å². The van der Waals surface area contributed by atoms with Crippen LogP contribution in [0.15, 0.2) is 54.2 Å². The van der Waals surface area contributed by atoms with Crippen LogP contribution >= 0.6 is 22.9 Å². The summed E-state index contributed by atoms with van der Waals surface area (Å²) < 4.78 is 11.2. The Labute approximate surface area is 159 Å². The number of methoxy groups -OCH3 is 1. The first-order valence-electron chi connectivity index (χ1n) is 7.85. The number of benzene rings is 1. The highest BCUT2D eigenvalue weighted by molar-refractivity contribution is 7.17. The molecule has 0 amide bonds. The predicted molar refractivity (Wildman–Crippen MR) is 103 cm³/mol. The van der Waals surface area contributed by atoms with Crippen LogP contribution in [-0.4, -0.2) is 22.1 Å². The largest absolute Gasteiger partial charge is 0.437 e. The topological polar surface area (TPSA) is 57.1 Å². The molecule has 0 saturated carbocycles. The molecule has 0 atom stereocenters. The monoisotopic (exact) mass is 383 g/mol. The van der Waals surface area contributed by atoms with Crippen LogP contribution in [0.1, 0.15) is 5.82 Å². The summed E-state index contributed by atoms with van der Waals surface area (Å²) >= 11 is 7.57. The molecule has 0 unspecified atom stereocenters.